The van der Waals surface area contributed by atoms with Gasteiger partial charge in [0.05, 0.1) is 16.2 Å². The minimum absolute atomic E-state index is 0.0250. The fourth-order valence-electron chi connectivity index (χ4n) is 1.64. The summed E-state index contributed by atoms with van der Waals surface area (Å²) in [6, 6.07) is 8.67. The molecule has 0 saturated heterocycles. The lowest BCUT2D eigenvalue weighted by Gasteiger charge is -2.09. The topological polar surface area (TPSA) is 117 Å². The van der Waals surface area contributed by atoms with Gasteiger partial charge in [0.1, 0.15) is 12.4 Å². The number of hydrogen-bond acceptors (Lipinski definition) is 7. The third-order valence-corrected chi connectivity index (χ3v) is 2.54. The van der Waals surface area contributed by atoms with Crippen LogP contribution in [0.1, 0.15) is 5.56 Å². The van der Waals surface area contributed by atoms with Crippen molar-refractivity contribution in [2.24, 2.45) is 0 Å². The van der Waals surface area contributed by atoms with E-state index in [0.717, 1.165) is 0 Å². The maximum Gasteiger partial charge on any atom is 0.353 e. The van der Waals surface area contributed by atoms with Crippen LogP contribution in [0.4, 0.5) is 23.0 Å². The van der Waals surface area contributed by atoms with Crippen molar-refractivity contribution in [3.8, 4) is 6.07 Å². The highest BCUT2D eigenvalue weighted by Gasteiger charge is 2.22. The molecule has 0 aliphatic heterocycles. The quantitative estimate of drug-likeness (QED) is 0.644. The van der Waals surface area contributed by atoms with Crippen molar-refractivity contribution in [2.75, 3.05) is 17.7 Å². The van der Waals surface area contributed by atoms with Gasteiger partial charge < -0.3 is 10.6 Å². The van der Waals surface area contributed by atoms with E-state index in [2.05, 4.69) is 20.6 Å². The normalized spacial score (nSPS) is 9.60. The third-order valence-electron chi connectivity index (χ3n) is 2.54. The molecule has 0 bridgehead atoms. The Labute approximate surface area is 114 Å². The van der Waals surface area contributed by atoms with Crippen molar-refractivity contribution in [1.82, 2.24) is 9.97 Å². The van der Waals surface area contributed by atoms with E-state index in [0.29, 0.717) is 11.3 Å². The second-order valence-electron chi connectivity index (χ2n) is 3.71. The first-order valence-electron chi connectivity index (χ1n) is 5.60. The Kier molecular flexibility index (Phi) is 3.72. The molecule has 1 heterocycles. The highest BCUT2D eigenvalue weighted by molar-refractivity contribution is 5.75. The zero-order valence-electron chi connectivity index (χ0n) is 10.5. The van der Waals surface area contributed by atoms with Crippen LogP contribution in [0.15, 0.2) is 30.6 Å². The predicted octanol–water partition coefficient (Wildman–Crippen LogP) is 2.04. The van der Waals surface area contributed by atoms with E-state index in [-0.39, 0.29) is 17.3 Å². The molecule has 8 heteroatoms. The van der Waals surface area contributed by atoms with Crippen LogP contribution < -0.4 is 10.6 Å². The van der Waals surface area contributed by atoms with Gasteiger partial charge in [0.2, 0.25) is 11.6 Å². The lowest BCUT2D eigenvalue weighted by atomic mass is 10.2. The van der Waals surface area contributed by atoms with E-state index in [1.165, 1.54) is 13.4 Å². The number of nitriles is 1. The van der Waals surface area contributed by atoms with Crippen LogP contribution in [0.25, 0.3) is 0 Å². The average molecular weight is 270 g/mol. The van der Waals surface area contributed by atoms with Crippen LogP contribution in [-0.4, -0.2) is 21.9 Å². The van der Waals surface area contributed by atoms with Gasteiger partial charge in [0.15, 0.2) is 0 Å². The maximum atomic E-state index is 11.1. The Hall–Kier alpha value is -3.21. The van der Waals surface area contributed by atoms with Crippen molar-refractivity contribution >= 4 is 23.0 Å². The van der Waals surface area contributed by atoms with E-state index < -0.39 is 4.92 Å². The molecule has 0 fully saturated rings. The molecule has 8 nitrogen and oxygen atoms in total. The summed E-state index contributed by atoms with van der Waals surface area (Å²) in [4.78, 5) is 18.2. The van der Waals surface area contributed by atoms with Gasteiger partial charge in [0, 0.05) is 7.05 Å². The molecule has 0 atom stereocenters. The molecule has 1 aromatic carbocycles. The first kappa shape index (κ1) is 13.2. The van der Waals surface area contributed by atoms with Crippen molar-refractivity contribution in [1.29, 1.82) is 5.26 Å². The molecule has 0 amide bonds. The summed E-state index contributed by atoms with van der Waals surface area (Å²) < 4.78 is 0. The van der Waals surface area contributed by atoms with Crippen LogP contribution in [0.3, 0.4) is 0 Å². The van der Waals surface area contributed by atoms with Crippen molar-refractivity contribution in [3.63, 3.8) is 0 Å². The number of nitrogens with one attached hydrogen (secondary N) is 2. The second-order valence-corrected chi connectivity index (χ2v) is 3.71. The minimum atomic E-state index is -0.580. The molecular weight excluding hydrogens is 260 g/mol. The highest BCUT2D eigenvalue weighted by Crippen LogP contribution is 2.31. The van der Waals surface area contributed by atoms with E-state index in [1.807, 2.05) is 6.07 Å². The first-order chi connectivity index (χ1) is 9.67. The molecule has 2 rings (SSSR count). The fraction of sp³-hybridized carbons (Fsp3) is 0.0833. The zero-order chi connectivity index (χ0) is 14.5. The smallest absolute Gasteiger partial charge is 0.353 e. The standard InChI is InChI=1S/C12H10N6O2/c1-14-11-10(18(19)20)12(16-7-15-11)17-9-5-3-2-4-8(9)6-13/h2-5,7H,1H3,(H2,14,15,16,17). The van der Waals surface area contributed by atoms with Crippen LogP contribution in [0, 0.1) is 21.4 Å². The molecule has 0 aliphatic carbocycles. The summed E-state index contributed by atoms with van der Waals surface area (Å²) in [6.45, 7) is 0. The van der Waals surface area contributed by atoms with Crippen molar-refractivity contribution in [2.45, 2.75) is 0 Å². The number of aromatic nitrogens is 2. The van der Waals surface area contributed by atoms with E-state index >= 15 is 0 Å². The minimum Gasteiger partial charge on any atom is -0.367 e. The summed E-state index contributed by atoms with van der Waals surface area (Å²) in [5.74, 6) is 0.124. The predicted molar refractivity (Wildman–Crippen MR) is 72.7 cm³/mol. The number of para-hydroxylation sites is 1. The largest absolute Gasteiger partial charge is 0.367 e. The lowest BCUT2D eigenvalue weighted by molar-refractivity contribution is -0.383. The van der Waals surface area contributed by atoms with Gasteiger partial charge in [-0.2, -0.15) is 5.26 Å². The van der Waals surface area contributed by atoms with Gasteiger partial charge >= 0.3 is 5.69 Å². The number of rotatable bonds is 4. The highest BCUT2D eigenvalue weighted by atomic mass is 16.6. The maximum absolute atomic E-state index is 11.1. The van der Waals surface area contributed by atoms with Crippen LogP contribution in [0.5, 0.6) is 0 Å². The Bertz CT molecular complexity index is 695. The van der Waals surface area contributed by atoms with Crippen LogP contribution >= 0.6 is 0 Å². The fourth-order valence-corrected chi connectivity index (χ4v) is 1.64. The summed E-state index contributed by atoms with van der Waals surface area (Å²) in [6.07, 6.45) is 1.20. The van der Waals surface area contributed by atoms with Crippen LogP contribution in [-0.2, 0) is 0 Å². The van der Waals surface area contributed by atoms with Gasteiger partial charge in [-0.15, -0.1) is 0 Å². The molecule has 0 spiro atoms. The van der Waals surface area contributed by atoms with E-state index in [1.54, 1.807) is 24.3 Å². The molecule has 0 saturated carbocycles. The molecule has 0 radical (unpaired) electrons. The molecule has 20 heavy (non-hydrogen) atoms. The van der Waals surface area contributed by atoms with E-state index in [9.17, 15) is 10.1 Å². The van der Waals surface area contributed by atoms with Gasteiger partial charge in [-0.1, -0.05) is 12.1 Å². The van der Waals surface area contributed by atoms with E-state index in [4.69, 9.17) is 5.26 Å². The summed E-state index contributed by atoms with van der Waals surface area (Å²) in [5, 5.41) is 25.6. The van der Waals surface area contributed by atoms with Gasteiger partial charge in [-0.3, -0.25) is 10.1 Å². The number of nitrogens with zero attached hydrogens (tertiary/aromatic N) is 4. The number of benzene rings is 1. The molecule has 100 valence electrons. The second kappa shape index (κ2) is 5.62. The zero-order valence-corrected chi connectivity index (χ0v) is 10.5. The van der Waals surface area contributed by atoms with Crippen molar-refractivity contribution < 1.29 is 4.92 Å². The molecule has 2 N–H and O–H groups in total. The lowest BCUT2D eigenvalue weighted by Crippen LogP contribution is -2.05. The summed E-state index contributed by atoms with van der Waals surface area (Å²) in [7, 11) is 1.53. The molecular formula is C12H10N6O2. The molecule has 1 aromatic heterocycles. The number of hydrogen-bond donors (Lipinski definition) is 2. The molecule has 0 aliphatic rings. The monoisotopic (exact) mass is 270 g/mol. The SMILES string of the molecule is CNc1ncnc(Nc2ccccc2C#N)c1[N+](=O)[O-]. The van der Waals surface area contributed by atoms with Crippen LogP contribution in [0.2, 0.25) is 0 Å². The Balaban J connectivity index is 2.49. The Morgan fingerprint density at radius 1 is 1.30 bits per heavy atom. The Morgan fingerprint density at radius 2 is 2.00 bits per heavy atom. The number of nitro groups is 1. The molecule has 2 aromatic rings. The van der Waals surface area contributed by atoms with Gasteiger partial charge in [-0.25, -0.2) is 9.97 Å². The summed E-state index contributed by atoms with van der Waals surface area (Å²) in [5.41, 5.74) is 0.535. The number of anilines is 3. The Morgan fingerprint density at radius 3 is 2.65 bits per heavy atom. The third kappa shape index (κ3) is 2.46. The molecule has 0 unspecified atom stereocenters. The van der Waals surface area contributed by atoms with Gasteiger partial charge in [-0.05, 0) is 12.1 Å². The summed E-state index contributed by atoms with van der Waals surface area (Å²) >= 11 is 0. The average Bonchev–Trinajstić information content (AvgIpc) is 2.47. The van der Waals surface area contributed by atoms with Crippen molar-refractivity contribution in [3.05, 3.63) is 46.3 Å². The first-order valence-corrected chi connectivity index (χ1v) is 5.60. The van der Waals surface area contributed by atoms with Gasteiger partial charge in [0.25, 0.3) is 0 Å².